The Morgan fingerprint density at radius 1 is 1.36 bits per heavy atom. The average molecular weight is 337 g/mol. The Hall–Kier alpha value is -2.65. The van der Waals surface area contributed by atoms with Crippen molar-refractivity contribution in [3.63, 3.8) is 0 Å². The van der Waals surface area contributed by atoms with Crippen LogP contribution in [0.2, 0.25) is 0 Å². The number of methoxy groups -OCH3 is 1. The molecule has 1 saturated heterocycles. The first-order valence-electron chi connectivity index (χ1n) is 8.42. The fourth-order valence-corrected chi connectivity index (χ4v) is 3.24. The minimum Gasteiger partial charge on any atom is -0.377 e. The van der Waals surface area contributed by atoms with Crippen molar-refractivity contribution in [2.75, 3.05) is 37.0 Å². The van der Waals surface area contributed by atoms with Gasteiger partial charge in [0.25, 0.3) is 0 Å². The zero-order valence-corrected chi connectivity index (χ0v) is 14.9. The molecule has 1 aromatic heterocycles. The molecule has 1 aliphatic heterocycles. The molecule has 0 spiro atoms. The number of aryl methyl sites for hydroxylation is 1. The Bertz CT molecular complexity index is 786. The van der Waals surface area contributed by atoms with Gasteiger partial charge in [0, 0.05) is 50.7 Å². The van der Waals surface area contributed by atoms with Crippen molar-refractivity contribution in [3.8, 4) is 6.07 Å². The molecule has 1 aromatic carbocycles. The maximum absolute atomic E-state index is 9.09. The fraction of sp³-hybridized carbons (Fsp3) is 0.421. The van der Waals surface area contributed by atoms with Gasteiger partial charge in [-0.2, -0.15) is 5.26 Å². The molecule has 2 aromatic rings. The third-order valence-electron chi connectivity index (χ3n) is 4.58. The highest BCUT2D eigenvalue weighted by Crippen LogP contribution is 2.25. The van der Waals surface area contributed by atoms with Gasteiger partial charge in [-0.1, -0.05) is 6.07 Å². The molecule has 130 valence electrons. The summed E-state index contributed by atoms with van der Waals surface area (Å²) in [4.78, 5) is 13.6. The van der Waals surface area contributed by atoms with Gasteiger partial charge >= 0.3 is 0 Å². The zero-order valence-electron chi connectivity index (χ0n) is 14.9. The summed E-state index contributed by atoms with van der Waals surface area (Å²) in [6.45, 7) is 4.26. The molecule has 0 aliphatic carbocycles. The van der Waals surface area contributed by atoms with Crippen molar-refractivity contribution in [1.29, 1.82) is 5.26 Å². The van der Waals surface area contributed by atoms with Crippen LogP contribution in [0, 0.1) is 18.3 Å². The van der Waals surface area contributed by atoms with E-state index < -0.39 is 0 Å². The molecular weight excluding hydrogens is 314 g/mol. The monoisotopic (exact) mass is 337 g/mol. The molecule has 0 saturated carbocycles. The summed E-state index contributed by atoms with van der Waals surface area (Å²) in [6.07, 6.45) is 1.05. The van der Waals surface area contributed by atoms with Gasteiger partial charge < -0.3 is 14.5 Å². The van der Waals surface area contributed by atoms with Crippen molar-refractivity contribution in [2.45, 2.75) is 26.0 Å². The Morgan fingerprint density at radius 3 is 2.96 bits per heavy atom. The topological polar surface area (TPSA) is 65.3 Å². The summed E-state index contributed by atoms with van der Waals surface area (Å²) >= 11 is 0. The second-order valence-corrected chi connectivity index (χ2v) is 6.38. The number of aromatic nitrogens is 2. The molecule has 1 aliphatic rings. The standard InChI is InChI=1S/C19H23N5O/c1-14-9-19(22-18(21-14)13-25-3)24-8-7-17(12-24)23(2)16-6-4-5-15(10-16)11-20/h4-6,9-10,17H,7-8,12-13H2,1-3H3/t17-/m0/s1. The van der Waals surface area contributed by atoms with Crippen LogP contribution in [0.4, 0.5) is 11.5 Å². The lowest BCUT2D eigenvalue weighted by Crippen LogP contribution is -2.34. The first-order chi connectivity index (χ1) is 12.1. The summed E-state index contributed by atoms with van der Waals surface area (Å²) in [6, 6.07) is 12.4. The van der Waals surface area contributed by atoms with E-state index in [-0.39, 0.29) is 0 Å². The number of likely N-dealkylation sites (N-methyl/N-ethyl adjacent to an activating group) is 1. The Kier molecular flexibility index (Phi) is 5.15. The van der Waals surface area contributed by atoms with Gasteiger partial charge in [0.05, 0.1) is 11.6 Å². The maximum Gasteiger partial charge on any atom is 0.156 e. The normalized spacial score (nSPS) is 16.7. The second kappa shape index (κ2) is 7.49. The van der Waals surface area contributed by atoms with E-state index in [1.165, 1.54) is 0 Å². The van der Waals surface area contributed by atoms with Gasteiger partial charge in [-0.15, -0.1) is 0 Å². The predicted octanol–water partition coefficient (Wildman–Crippen LogP) is 2.52. The summed E-state index contributed by atoms with van der Waals surface area (Å²) in [5.74, 6) is 1.68. The van der Waals surface area contributed by atoms with E-state index in [2.05, 4.69) is 39.0 Å². The van der Waals surface area contributed by atoms with Gasteiger partial charge in [0.15, 0.2) is 5.82 Å². The van der Waals surface area contributed by atoms with Gasteiger partial charge in [0.1, 0.15) is 12.4 Å². The van der Waals surface area contributed by atoms with Gasteiger partial charge in [-0.05, 0) is 31.5 Å². The van der Waals surface area contributed by atoms with E-state index in [1.807, 2.05) is 31.2 Å². The highest BCUT2D eigenvalue weighted by Gasteiger charge is 2.27. The average Bonchev–Trinajstić information content (AvgIpc) is 3.11. The van der Waals surface area contributed by atoms with Crippen molar-refractivity contribution >= 4 is 11.5 Å². The molecule has 0 N–H and O–H groups in total. The molecule has 25 heavy (non-hydrogen) atoms. The molecule has 1 fully saturated rings. The van der Waals surface area contributed by atoms with E-state index in [0.29, 0.717) is 18.2 Å². The second-order valence-electron chi connectivity index (χ2n) is 6.38. The maximum atomic E-state index is 9.09. The summed E-state index contributed by atoms with van der Waals surface area (Å²) < 4.78 is 5.16. The van der Waals surface area contributed by atoms with E-state index >= 15 is 0 Å². The SMILES string of the molecule is COCc1nc(C)cc(N2CC[C@H](N(C)c3cccc(C#N)c3)C2)n1. The number of nitrogens with zero attached hydrogens (tertiary/aromatic N) is 5. The smallest absolute Gasteiger partial charge is 0.156 e. The lowest BCUT2D eigenvalue weighted by Gasteiger charge is -2.27. The molecule has 0 amide bonds. The van der Waals surface area contributed by atoms with Crippen LogP contribution in [0.25, 0.3) is 0 Å². The first-order valence-corrected chi connectivity index (χ1v) is 8.42. The van der Waals surface area contributed by atoms with E-state index in [0.717, 1.165) is 42.5 Å². The quantitative estimate of drug-likeness (QED) is 0.835. The third kappa shape index (κ3) is 3.89. The minimum atomic E-state index is 0.384. The van der Waals surface area contributed by atoms with Gasteiger partial charge in [0.2, 0.25) is 0 Å². The molecule has 2 heterocycles. The number of benzene rings is 1. The van der Waals surface area contributed by atoms with Crippen LogP contribution in [0.15, 0.2) is 30.3 Å². The minimum absolute atomic E-state index is 0.384. The molecule has 6 nitrogen and oxygen atoms in total. The molecule has 6 heteroatoms. The Labute approximate surface area is 148 Å². The zero-order chi connectivity index (χ0) is 17.8. The summed E-state index contributed by atoms with van der Waals surface area (Å²) in [7, 11) is 3.74. The van der Waals surface area contributed by atoms with Crippen LogP contribution in [0.3, 0.4) is 0 Å². The number of nitriles is 1. The van der Waals surface area contributed by atoms with Crippen LogP contribution in [0.5, 0.6) is 0 Å². The lowest BCUT2D eigenvalue weighted by molar-refractivity contribution is 0.177. The number of rotatable bonds is 5. The van der Waals surface area contributed by atoms with E-state index in [4.69, 9.17) is 10.00 Å². The third-order valence-corrected chi connectivity index (χ3v) is 4.58. The molecule has 0 unspecified atom stereocenters. The molecular formula is C19H23N5O. The van der Waals surface area contributed by atoms with Crippen molar-refractivity contribution in [2.24, 2.45) is 0 Å². The highest BCUT2D eigenvalue weighted by molar-refractivity contribution is 5.53. The van der Waals surface area contributed by atoms with Crippen molar-refractivity contribution in [3.05, 3.63) is 47.4 Å². The fourth-order valence-electron chi connectivity index (χ4n) is 3.24. The van der Waals surface area contributed by atoms with E-state index in [1.54, 1.807) is 7.11 Å². The van der Waals surface area contributed by atoms with Crippen LogP contribution >= 0.6 is 0 Å². The van der Waals surface area contributed by atoms with Crippen LogP contribution < -0.4 is 9.80 Å². The molecule has 0 radical (unpaired) electrons. The summed E-state index contributed by atoms with van der Waals surface area (Å²) in [5.41, 5.74) is 2.72. The van der Waals surface area contributed by atoms with Crippen LogP contribution in [0.1, 0.15) is 23.5 Å². The van der Waals surface area contributed by atoms with Gasteiger partial charge in [-0.3, -0.25) is 0 Å². The highest BCUT2D eigenvalue weighted by atomic mass is 16.5. The molecule has 3 rings (SSSR count). The first kappa shape index (κ1) is 17.2. The number of ether oxygens (including phenoxy) is 1. The Balaban J connectivity index is 1.74. The number of anilines is 2. The van der Waals surface area contributed by atoms with Crippen LogP contribution in [-0.4, -0.2) is 43.3 Å². The molecule has 1 atom stereocenters. The van der Waals surface area contributed by atoms with Crippen molar-refractivity contribution < 1.29 is 4.74 Å². The predicted molar refractivity (Wildman–Crippen MR) is 97.7 cm³/mol. The lowest BCUT2D eigenvalue weighted by atomic mass is 10.1. The number of hydrogen-bond donors (Lipinski definition) is 0. The van der Waals surface area contributed by atoms with Gasteiger partial charge in [-0.25, -0.2) is 9.97 Å². The number of hydrogen-bond acceptors (Lipinski definition) is 6. The largest absolute Gasteiger partial charge is 0.377 e. The molecule has 0 bridgehead atoms. The van der Waals surface area contributed by atoms with Crippen LogP contribution in [-0.2, 0) is 11.3 Å². The summed E-state index contributed by atoms with van der Waals surface area (Å²) in [5, 5.41) is 9.09. The van der Waals surface area contributed by atoms with E-state index in [9.17, 15) is 0 Å². The van der Waals surface area contributed by atoms with Crippen molar-refractivity contribution in [1.82, 2.24) is 9.97 Å². The Morgan fingerprint density at radius 2 is 2.20 bits per heavy atom.